The number of aromatic nitrogens is 1. The molecule has 1 aliphatic heterocycles. The Balaban J connectivity index is 1.45. The molecule has 0 unspecified atom stereocenters. The van der Waals surface area contributed by atoms with Gasteiger partial charge in [-0.3, -0.25) is 9.59 Å². The number of nitrogens with zero attached hydrogens (tertiary/aromatic N) is 3. The molecule has 1 N–H and O–H groups in total. The number of aryl methyl sites for hydroxylation is 1. The van der Waals surface area contributed by atoms with Crippen molar-refractivity contribution in [3.05, 3.63) is 41.3 Å². The number of hydrogen-bond donors (Lipinski definition) is 1. The largest absolute Gasteiger partial charge is 0.493 e. The molecule has 0 spiro atoms. The minimum Gasteiger partial charge on any atom is -0.493 e. The Morgan fingerprint density at radius 3 is 2.41 bits per heavy atom. The first kappa shape index (κ1) is 28.9. The molecule has 2 aliphatic rings. The van der Waals surface area contributed by atoms with Gasteiger partial charge >= 0.3 is 0 Å². The zero-order chi connectivity index (χ0) is 27.9. The average Bonchev–Trinajstić information content (AvgIpc) is 3.52. The molecule has 214 valence electrons. The highest BCUT2D eigenvalue weighted by Gasteiger charge is 2.39. The summed E-state index contributed by atoms with van der Waals surface area (Å²) in [6, 6.07) is 7.29. The van der Waals surface area contributed by atoms with Crippen LogP contribution in [0.3, 0.4) is 0 Å². The molecule has 10 heteroatoms. The summed E-state index contributed by atoms with van der Waals surface area (Å²) >= 11 is 0. The van der Waals surface area contributed by atoms with E-state index < -0.39 is 0 Å². The van der Waals surface area contributed by atoms with Crippen LogP contribution in [-0.2, 0) is 4.74 Å². The van der Waals surface area contributed by atoms with Gasteiger partial charge in [0.25, 0.3) is 11.8 Å². The Morgan fingerprint density at radius 1 is 1.05 bits per heavy atom. The summed E-state index contributed by atoms with van der Waals surface area (Å²) in [7, 11) is 3.25. The van der Waals surface area contributed by atoms with Crippen LogP contribution in [0.2, 0.25) is 0 Å². The number of nitrogens with one attached hydrogen (secondary N) is 1. The molecule has 1 aromatic carbocycles. The number of rotatable bonds is 14. The van der Waals surface area contributed by atoms with Gasteiger partial charge in [-0.25, -0.2) is 0 Å². The minimum atomic E-state index is -0.0759. The van der Waals surface area contributed by atoms with Crippen LogP contribution in [0.15, 0.2) is 28.8 Å². The molecule has 1 aromatic heterocycles. The number of hydrogen-bond acceptors (Lipinski definition) is 8. The molecule has 2 heterocycles. The van der Waals surface area contributed by atoms with Gasteiger partial charge in [0.2, 0.25) is 0 Å². The van der Waals surface area contributed by atoms with E-state index in [0.717, 1.165) is 32.4 Å². The highest BCUT2D eigenvalue weighted by atomic mass is 16.5. The van der Waals surface area contributed by atoms with Crippen LogP contribution in [0, 0.1) is 18.8 Å². The Bertz CT molecular complexity index is 1110. The Labute approximate surface area is 230 Å². The van der Waals surface area contributed by atoms with Gasteiger partial charge in [-0.15, -0.1) is 0 Å². The summed E-state index contributed by atoms with van der Waals surface area (Å²) in [5.74, 6) is 2.08. The Morgan fingerprint density at radius 2 is 1.79 bits per heavy atom. The highest BCUT2D eigenvalue weighted by molar-refractivity contribution is 5.95. The summed E-state index contributed by atoms with van der Waals surface area (Å²) in [5, 5.41) is 7.45. The maximum absolute atomic E-state index is 13.8. The Hall–Kier alpha value is -3.11. The SMILES string of the molecule is COCCCOc1cc(C(=O)N(C[C@H]2CNC[C@H]2CN(C(=O)c2cc(C)on2)C2CC2)C(C)C)ccc1OC. The van der Waals surface area contributed by atoms with Gasteiger partial charge in [-0.1, -0.05) is 5.16 Å². The fourth-order valence-electron chi connectivity index (χ4n) is 5.12. The molecule has 1 aliphatic carbocycles. The van der Waals surface area contributed by atoms with Gasteiger partial charge in [0.15, 0.2) is 17.2 Å². The van der Waals surface area contributed by atoms with Gasteiger partial charge in [-0.2, -0.15) is 0 Å². The predicted molar refractivity (Wildman–Crippen MR) is 146 cm³/mol. The van der Waals surface area contributed by atoms with E-state index in [1.807, 2.05) is 23.6 Å². The number of benzene rings is 1. The van der Waals surface area contributed by atoms with Crippen molar-refractivity contribution in [3.63, 3.8) is 0 Å². The van der Waals surface area contributed by atoms with Crippen molar-refractivity contribution in [2.24, 2.45) is 11.8 Å². The standard InChI is InChI=1S/C29H42N4O6/c1-19(2)32(28(34)21-7-10-26(37-5)27(14-21)38-12-6-11-36-4)17-22-15-30-16-23(22)18-33(24-8-9-24)29(35)25-13-20(3)39-31-25/h7,10,13-14,19,22-24,30H,6,8-9,11-12,15-18H2,1-5H3/t22-,23+/m1/s1. The normalized spacial score (nSPS) is 18.8. The summed E-state index contributed by atoms with van der Waals surface area (Å²) in [6.07, 6.45) is 2.76. The maximum atomic E-state index is 13.8. The summed E-state index contributed by atoms with van der Waals surface area (Å²) in [5.41, 5.74) is 0.922. The third-order valence-electron chi connectivity index (χ3n) is 7.48. The second-order valence-electron chi connectivity index (χ2n) is 10.8. The second-order valence-corrected chi connectivity index (χ2v) is 10.8. The third kappa shape index (κ3) is 7.30. The molecule has 1 saturated heterocycles. The van der Waals surface area contributed by atoms with Crippen LogP contribution in [0.1, 0.15) is 59.7 Å². The number of carbonyl (C=O) groups is 2. The zero-order valence-corrected chi connectivity index (χ0v) is 23.8. The molecule has 0 radical (unpaired) electrons. The first-order valence-corrected chi connectivity index (χ1v) is 13.9. The van der Waals surface area contributed by atoms with Crippen molar-refractivity contribution >= 4 is 11.8 Å². The number of ether oxygens (including phenoxy) is 3. The van der Waals surface area contributed by atoms with Gasteiger partial charge in [0.05, 0.1) is 13.7 Å². The van der Waals surface area contributed by atoms with Crippen molar-refractivity contribution in [1.82, 2.24) is 20.3 Å². The van der Waals surface area contributed by atoms with Gasteiger partial charge < -0.3 is 33.9 Å². The molecule has 2 atom stereocenters. The van der Waals surface area contributed by atoms with Crippen LogP contribution in [0.25, 0.3) is 0 Å². The fourth-order valence-corrected chi connectivity index (χ4v) is 5.12. The predicted octanol–water partition coefficient (Wildman–Crippen LogP) is 3.40. The third-order valence-corrected chi connectivity index (χ3v) is 7.48. The number of carbonyl (C=O) groups excluding carboxylic acids is 2. The van der Waals surface area contributed by atoms with Crippen LogP contribution in [0.4, 0.5) is 0 Å². The molecular formula is C29H42N4O6. The van der Waals surface area contributed by atoms with Crippen molar-refractivity contribution < 1.29 is 28.3 Å². The lowest BCUT2D eigenvalue weighted by molar-refractivity contribution is 0.0609. The minimum absolute atomic E-state index is 0.00574. The smallest absolute Gasteiger partial charge is 0.276 e. The lowest BCUT2D eigenvalue weighted by Crippen LogP contribution is -2.45. The molecule has 10 nitrogen and oxygen atoms in total. The summed E-state index contributed by atoms with van der Waals surface area (Å²) in [6.45, 7) is 9.76. The van der Waals surface area contributed by atoms with Crippen molar-refractivity contribution in [3.8, 4) is 11.5 Å². The maximum Gasteiger partial charge on any atom is 0.276 e. The van der Waals surface area contributed by atoms with Crippen LogP contribution < -0.4 is 14.8 Å². The number of methoxy groups -OCH3 is 2. The monoisotopic (exact) mass is 542 g/mol. The molecule has 39 heavy (non-hydrogen) atoms. The molecule has 2 amide bonds. The van der Waals surface area contributed by atoms with E-state index in [0.29, 0.717) is 54.8 Å². The Kier molecular flexibility index (Phi) is 9.85. The lowest BCUT2D eigenvalue weighted by atomic mass is 9.93. The van der Waals surface area contributed by atoms with E-state index in [-0.39, 0.29) is 35.7 Å². The molecule has 4 rings (SSSR count). The molecule has 1 saturated carbocycles. The van der Waals surface area contributed by atoms with E-state index >= 15 is 0 Å². The molecule has 2 fully saturated rings. The van der Waals surface area contributed by atoms with E-state index in [1.165, 1.54) is 0 Å². The average molecular weight is 543 g/mol. The molecule has 0 bridgehead atoms. The first-order chi connectivity index (χ1) is 18.8. The second kappa shape index (κ2) is 13.3. The lowest BCUT2D eigenvalue weighted by Gasteiger charge is -2.33. The van der Waals surface area contributed by atoms with E-state index in [1.54, 1.807) is 45.4 Å². The van der Waals surface area contributed by atoms with E-state index in [9.17, 15) is 9.59 Å². The molecular weight excluding hydrogens is 500 g/mol. The van der Waals surface area contributed by atoms with Crippen LogP contribution in [0.5, 0.6) is 11.5 Å². The van der Waals surface area contributed by atoms with Crippen molar-refractivity contribution in [1.29, 1.82) is 0 Å². The summed E-state index contributed by atoms with van der Waals surface area (Å²) in [4.78, 5) is 30.9. The highest BCUT2D eigenvalue weighted by Crippen LogP contribution is 2.32. The van der Waals surface area contributed by atoms with Gasteiger partial charge in [-0.05, 0) is 63.6 Å². The van der Waals surface area contributed by atoms with Gasteiger partial charge in [0, 0.05) is 70.0 Å². The zero-order valence-electron chi connectivity index (χ0n) is 23.8. The fraction of sp³-hybridized carbons (Fsp3) is 0.621. The van der Waals surface area contributed by atoms with E-state index in [2.05, 4.69) is 10.5 Å². The summed E-state index contributed by atoms with van der Waals surface area (Å²) < 4.78 is 21.6. The van der Waals surface area contributed by atoms with Crippen LogP contribution in [-0.4, -0.2) is 92.5 Å². The van der Waals surface area contributed by atoms with E-state index in [4.69, 9.17) is 18.7 Å². The topological polar surface area (TPSA) is 106 Å². The van der Waals surface area contributed by atoms with Crippen LogP contribution >= 0.6 is 0 Å². The first-order valence-electron chi connectivity index (χ1n) is 13.9. The number of amides is 2. The van der Waals surface area contributed by atoms with Crippen molar-refractivity contribution in [2.45, 2.75) is 52.1 Å². The van der Waals surface area contributed by atoms with Gasteiger partial charge in [0.1, 0.15) is 5.76 Å². The molecule has 2 aromatic rings. The quantitative estimate of drug-likeness (QED) is 0.362. The van der Waals surface area contributed by atoms with Crippen molar-refractivity contribution in [2.75, 3.05) is 53.6 Å².